The highest BCUT2D eigenvalue weighted by Gasteiger charge is 2.07. The maximum atomic E-state index is 11.7. The lowest BCUT2D eigenvalue weighted by molar-refractivity contribution is -0.124. The third-order valence-electron chi connectivity index (χ3n) is 2.64. The molecule has 1 aromatic heterocycles. The molecule has 1 heterocycles. The van der Waals surface area contributed by atoms with Crippen molar-refractivity contribution in [3.63, 3.8) is 0 Å². The molecule has 2 aromatic rings. The van der Waals surface area contributed by atoms with Crippen molar-refractivity contribution in [2.75, 3.05) is 11.9 Å². The van der Waals surface area contributed by atoms with Crippen molar-refractivity contribution in [2.24, 2.45) is 0 Å². The average molecular weight is 351 g/mol. The molecule has 110 valence electrons. The Morgan fingerprint density at radius 2 is 1.95 bits per heavy atom. The molecule has 0 aliphatic carbocycles. The number of rotatable bonds is 5. The van der Waals surface area contributed by atoms with Gasteiger partial charge in [0.1, 0.15) is 6.54 Å². The number of nitrogens with one attached hydrogen (secondary N) is 2. The Kier molecular flexibility index (Phi) is 5.10. The first-order valence-corrected chi connectivity index (χ1v) is 7.13. The number of carbonyl (C=O) groups is 2. The molecule has 21 heavy (non-hydrogen) atoms. The molecule has 0 atom stereocenters. The number of halogens is 1. The van der Waals surface area contributed by atoms with Crippen molar-refractivity contribution < 1.29 is 9.59 Å². The van der Waals surface area contributed by atoms with Gasteiger partial charge in [-0.1, -0.05) is 15.9 Å². The van der Waals surface area contributed by atoms with E-state index in [-0.39, 0.29) is 24.9 Å². The largest absolute Gasteiger partial charge is 0.345 e. The highest BCUT2D eigenvalue weighted by molar-refractivity contribution is 9.10. The molecule has 6 nitrogen and oxygen atoms in total. The normalized spacial score (nSPS) is 10.2. The second-order valence-corrected chi connectivity index (χ2v) is 5.46. The van der Waals surface area contributed by atoms with E-state index in [2.05, 4.69) is 31.7 Å². The summed E-state index contributed by atoms with van der Waals surface area (Å²) in [7, 11) is 0. The molecular formula is C14H15BrN4O2. The summed E-state index contributed by atoms with van der Waals surface area (Å²) >= 11 is 3.32. The van der Waals surface area contributed by atoms with Gasteiger partial charge in [0, 0.05) is 16.4 Å². The van der Waals surface area contributed by atoms with Gasteiger partial charge in [-0.25, -0.2) is 0 Å². The Labute approximate surface area is 130 Å². The average Bonchev–Trinajstić information content (AvgIpc) is 2.84. The maximum Gasteiger partial charge on any atom is 0.243 e. The van der Waals surface area contributed by atoms with E-state index in [0.29, 0.717) is 5.69 Å². The molecule has 0 fully saturated rings. The van der Waals surface area contributed by atoms with Crippen molar-refractivity contribution in [1.29, 1.82) is 0 Å². The van der Waals surface area contributed by atoms with Crippen molar-refractivity contribution in [3.8, 4) is 0 Å². The van der Waals surface area contributed by atoms with Crippen LogP contribution in [0, 0.1) is 6.92 Å². The summed E-state index contributed by atoms with van der Waals surface area (Å²) in [5.41, 5.74) is 1.66. The lowest BCUT2D eigenvalue weighted by Crippen LogP contribution is -2.35. The molecule has 2 amide bonds. The lowest BCUT2D eigenvalue weighted by Gasteiger charge is -2.07. The first kappa shape index (κ1) is 15.2. The van der Waals surface area contributed by atoms with Crippen LogP contribution >= 0.6 is 15.9 Å². The predicted octanol–water partition coefficient (Wildman–Crippen LogP) is 1.71. The van der Waals surface area contributed by atoms with Crippen LogP contribution in [0.5, 0.6) is 0 Å². The summed E-state index contributed by atoms with van der Waals surface area (Å²) in [5.74, 6) is -0.536. The number of benzene rings is 1. The highest BCUT2D eigenvalue weighted by Crippen LogP contribution is 2.13. The fourth-order valence-corrected chi connectivity index (χ4v) is 1.94. The van der Waals surface area contributed by atoms with Crippen LogP contribution in [0.1, 0.15) is 5.56 Å². The van der Waals surface area contributed by atoms with Crippen molar-refractivity contribution in [3.05, 3.63) is 46.7 Å². The maximum absolute atomic E-state index is 11.7. The third kappa shape index (κ3) is 5.03. The van der Waals surface area contributed by atoms with Gasteiger partial charge in [0.05, 0.1) is 12.7 Å². The van der Waals surface area contributed by atoms with Crippen molar-refractivity contribution >= 4 is 33.4 Å². The number of anilines is 1. The molecule has 0 bridgehead atoms. The predicted molar refractivity (Wildman–Crippen MR) is 82.7 cm³/mol. The molecule has 0 unspecified atom stereocenters. The van der Waals surface area contributed by atoms with E-state index in [1.165, 1.54) is 4.68 Å². The smallest absolute Gasteiger partial charge is 0.243 e. The second-order valence-electron chi connectivity index (χ2n) is 4.55. The van der Waals surface area contributed by atoms with Crippen LogP contribution in [0.4, 0.5) is 5.69 Å². The second kappa shape index (κ2) is 7.03. The number of aryl methyl sites for hydroxylation is 1. The van der Waals surface area contributed by atoms with E-state index in [1.54, 1.807) is 24.5 Å². The van der Waals surface area contributed by atoms with Gasteiger partial charge in [-0.2, -0.15) is 5.10 Å². The first-order valence-electron chi connectivity index (χ1n) is 6.34. The van der Waals surface area contributed by atoms with Crippen LogP contribution in [-0.4, -0.2) is 28.1 Å². The molecule has 2 rings (SSSR count). The number of hydrogen-bond acceptors (Lipinski definition) is 3. The number of nitrogens with zero attached hydrogens (tertiary/aromatic N) is 2. The SMILES string of the molecule is Cc1cnn(CC(=O)NCC(=O)Nc2ccc(Br)cc2)c1. The van der Waals surface area contributed by atoms with Crippen LogP contribution in [0.3, 0.4) is 0 Å². The number of amides is 2. The van der Waals surface area contributed by atoms with Gasteiger partial charge in [-0.05, 0) is 36.8 Å². The van der Waals surface area contributed by atoms with Crippen molar-refractivity contribution in [1.82, 2.24) is 15.1 Å². The van der Waals surface area contributed by atoms with Crippen molar-refractivity contribution in [2.45, 2.75) is 13.5 Å². The molecule has 7 heteroatoms. The molecular weight excluding hydrogens is 336 g/mol. The third-order valence-corrected chi connectivity index (χ3v) is 3.17. The van der Waals surface area contributed by atoms with E-state index < -0.39 is 0 Å². The quantitative estimate of drug-likeness (QED) is 0.861. The Balaban J connectivity index is 1.75. The van der Waals surface area contributed by atoms with Gasteiger partial charge in [0.15, 0.2) is 0 Å². The lowest BCUT2D eigenvalue weighted by atomic mass is 10.3. The van der Waals surface area contributed by atoms with E-state index in [0.717, 1.165) is 10.0 Å². The Morgan fingerprint density at radius 1 is 1.24 bits per heavy atom. The minimum Gasteiger partial charge on any atom is -0.345 e. The standard InChI is InChI=1S/C14H15BrN4O2/c1-10-6-17-19(8-10)9-14(21)16-7-13(20)18-12-4-2-11(15)3-5-12/h2-6,8H,7,9H2,1H3,(H,16,21)(H,18,20). The number of hydrogen-bond donors (Lipinski definition) is 2. The van der Waals surface area contributed by atoms with Gasteiger partial charge in [0.25, 0.3) is 0 Å². The number of aromatic nitrogens is 2. The zero-order valence-electron chi connectivity index (χ0n) is 11.5. The monoisotopic (exact) mass is 350 g/mol. The van der Waals surface area contributed by atoms with Gasteiger partial charge in [-0.3, -0.25) is 14.3 Å². The van der Waals surface area contributed by atoms with Gasteiger partial charge < -0.3 is 10.6 Å². The fourth-order valence-electron chi connectivity index (χ4n) is 1.67. The molecule has 0 radical (unpaired) electrons. The summed E-state index contributed by atoms with van der Waals surface area (Å²) in [4.78, 5) is 23.4. The zero-order chi connectivity index (χ0) is 15.2. The Hall–Kier alpha value is -2.15. The zero-order valence-corrected chi connectivity index (χ0v) is 13.1. The molecule has 0 saturated heterocycles. The van der Waals surface area contributed by atoms with Crippen LogP contribution in [0.2, 0.25) is 0 Å². The minimum atomic E-state index is -0.276. The molecule has 0 saturated carbocycles. The van der Waals surface area contributed by atoms with Crippen LogP contribution < -0.4 is 10.6 Å². The molecule has 1 aromatic carbocycles. The number of carbonyl (C=O) groups excluding carboxylic acids is 2. The molecule has 0 spiro atoms. The van der Waals surface area contributed by atoms with E-state index in [4.69, 9.17) is 0 Å². The summed E-state index contributed by atoms with van der Waals surface area (Å²) in [6.07, 6.45) is 3.44. The van der Waals surface area contributed by atoms with E-state index in [9.17, 15) is 9.59 Å². The molecule has 0 aliphatic heterocycles. The van der Waals surface area contributed by atoms with Gasteiger partial charge >= 0.3 is 0 Å². The molecule has 0 aliphatic rings. The molecule has 2 N–H and O–H groups in total. The van der Waals surface area contributed by atoms with E-state index >= 15 is 0 Å². The summed E-state index contributed by atoms with van der Waals surface area (Å²) in [6, 6.07) is 7.20. The minimum absolute atomic E-state index is 0.0743. The van der Waals surface area contributed by atoms with Gasteiger partial charge in [-0.15, -0.1) is 0 Å². The Morgan fingerprint density at radius 3 is 2.57 bits per heavy atom. The topological polar surface area (TPSA) is 76.0 Å². The van der Waals surface area contributed by atoms with Gasteiger partial charge in [0.2, 0.25) is 11.8 Å². The van der Waals surface area contributed by atoms with E-state index in [1.807, 2.05) is 19.1 Å². The summed E-state index contributed by atoms with van der Waals surface area (Å²) in [6.45, 7) is 1.92. The highest BCUT2D eigenvalue weighted by atomic mass is 79.9. The summed E-state index contributed by atoms with van der Waals surface area (Å²) < 4.78 is 2.46. The first-order chi connectivity index (χ1) is 10.0. The summed E-state index contributed by atoms with van der Waals surface area (Å²) in [5, 5.41) is 9.26. The van der Waals surface area contributed by atoms with Crippen LogP contribution in [0.25, 0.3) is 0 Å². The Bertz CT molecular complexity index is 637. The van der Waals surface area contributed by atoms with Crippen LogP contribution in [0.15, 0.2) is 41.1 Å². The fraction of sp³-hybridized carbons (Fsp3) is 0.214. The van der Waals surface area contributed by atoms with Crippen LogP contribution in [-0.2, 0) is 16.1 Å².